The fraction of sp³-hybridized carbons (Fsp3) is 0.500. The summed E-state index contributed by atoms with van der Waals surface area (Å²) in [5, 5.41) is 20.4. The molecular weight excluding hydrogens is 352 g/mol. The first-order valence-electron chi connectivity index (χ1n) is 10.2. The maximum absolute atomic E-state index is 10.5. The molecule has 1 fully saturated rings. The van der Waals surface area contributed by atoms with E-state index in [0.29, 0.717) is 30.6 Å². The number of hydrogen-bond donors (Lipinski definition) is 2. The number of benzene rings is 2. The molecule has 2 heterocycles. The Hall–Kier alpha value is -2.04. The maximum atomic E-state index is 10.5. The van der Waals surface area contributed by atoms with Crippen LogP contribution < -0.4 is 0 Å². The van der Waals surface area contributed by atoms with Crippen LogP contribution in [0.5, 0.6) is 11.5 Å². The molecule has 1 saturated carbocycles. The van der Waals surface area contributed by atoms with Gasteiger partial charge in [0.05, 0.1) is 24.9 Å². The zero-order chi connectivity index (χ0) is 19.7. The number of fused-ring (bicyclic) bond motifs is 3. The van der Waals surface area contributed by atoms with Gasteiger partial charge in [-0.15, -0.1) is 0 Å². The van der Waals surface area contributed by atoms with Gasteiger partial charge in [0.25, 0.3) is 0 Å². The molecule has 2 aromatic rings. The molecule has 2 N–H and O–H groups in total. The number of ether oxygens (including phenoxy) is 2. The molecule has 28 heavy (non-hydrogen) atoms. The van der Waals surface area contributed by atoms with Crippen LogP contribution in [0.2, 0.25) is 0 Å². The van der Waals surface area contributed by atoms with Crippen molar-refractivity contribution < 1.29 is 19.7 Å². The van der Waals surface area contributed by atoms with Crippen LogP contribution in [-0.4, -0.2) is 10.2 Å². The SMILES string of the molecule is CC(C)(C)C1OCc2c(C3CCC4(C3)OCc3ccc(O)cc34)cc(O)cc21. The fourth-order valence-corrected chi connectivity index (χ4v) is 5.50. The largest absolute Gasteiger partial charge is 0.508 e. The van der Waals surface area contributed by atoms with E-state index in [1.165, 1.54) is 16.7 Å². The predicted molar refractivity (Wildman–Crippen MR) is 106 cm³/mol. The summed E-state index contributed by atoms with van der Waals surface area (Å²) in [6, 6.07) is 9.39. The molecule has 2 aromatic carbocycles. The van der Waals surface area contributed by atoms with Crippen molar-refractivity contribution in [2.24, 2.45) is 5.41 Å². The molecule has 5 rings (SSSR count). The summed E-state index contributed by atoms with van der Waals surface area (Å²) in [7, 11) is 0. The Balaban J connectivity index is 1.51. The average Bonchev–Trinajstić information content (AvgIpc) is 3.32. The van der Waals surface area contributed by atoms with Crippen molar-refractivity contribution in [3.8, 4) is 11.5 Å². The van der Waals surface area contributed by atoms with E-state index < -0.39 is 0 Å². The van der Waals surface area contributed by atoms with Crippen molar-refractivity contribution in [2.75, 3.05) is 0 Å². The van der Waals surface area contributed by atoms with E-state index in [1.807, 2.05) is 24.3 Å². The summed E-state index contributed by atoms with van der Waals surface area (Å²) in [6.07, 6.45) is 2.82. The molecule has 2 aliphatic heterocycles. The number of phenols is 2. The summed E-state index contributed by atoms with van der Waals surface area (Å²) in [6.45, 7) is 7.74. The van der Waals surface area contributed by atoms with E-state index in [0.717, 1.165) is 30.4 Å². The zero-order valence-electron chi connectivity index (χ0n) is 16.8. The predicted octanol–water partition coefficient (Wildman–Crippen LogP) is 5.41. The second-order valence-corrected chi connectivity index (χ2v) is 9.72. The highest BCUT2D eigenvalue weighted by molar-refractivity contribution is 5.48. The van der Waals surface area contributed by atoms with Crippen LogP contribution >= 0.6 is 0 Å². The monoisotopic (exact) mass is 380 g/mol. The highest BCUT2D eigenvalue weighted by atomic mass is 16.5. The zero-order valence-corrected chi connectivity index (χ0v) is 16.8. The lowest BCUT2D eigenvalue weighted by atomic mass is 9.81. The van der Waals surface area contributed by atoms with Crippen LogP contribution in [0.4, 0.5) is 0 Å². The first-order chi connectivity index (χ1) is 13.3. The minimum atomic E-state index is -0.319. The van der Waals surface area contributed by atoms with Crippen molar-refractivity contribution in [2.45, 2.75) is 70.9 Å². The first-order valence-corrected chi connectivity index (χ1v) is 10.2. The summed E-state index contributed by atoms with van der Waals surface area (Å²) in [5.74, 6) is 0.933. The summed E-state index contributed by atoms with van der Waals surface area (Å²) in [5.41, 5.74) is 5.56. The molecule has 0 aromatic heterocycles. The van der Waals surface area contributed by atoms with Gasteiger partial charge >= 0.3 is 0 Å². The Morgan fingerprint density at radius 3 is 2.57 bits per heavy atom. The third-order valence-electron chi connectivity index (χ3n) is 6.77. The molecule has 4 heteroatoms. The second kappa shape index (κ2) is 5.98. The van der Waals surface area contributed by atoms with E-state index in [9.17, 15) is 10.2 Å². The maximum Gasteiger partial charge on any atom is 0.116 e. The van der Waals surface area contributed by atoms with Gasteiger partial charge in [-0.05, 0) is 82.7 Å². The Labute approximate surface area is 166 Å². The van der Waals surface area contributed by atoms with Crippen LogP contribution in [0, 0.1) is 5.41 Å². The first kappa shape index (κ1) is 18.0. The van der Waals surface area contributed by atoms with Crippen LogP contribution in [0.3, 0.4) is 0 Å². The number of phenolic OH excluding ortho intramolecular Hbond substituents is 2. The van der Waals surface area contributed by atoms with Crippen molar-refractivity contribution in [3.63, 3.8) is 0 Å². The standard InChI is InChI=1S/C24H28O4/c1-23(2,3)22-19-9-17(26)8-18(20(19)13-27-22)14-6-7-24(11-14)21-10-16(25)5-4-15(21)12-28-24/h4-5,8-10,14,22,25-26H,6-7,11-13H2,1-3H3. The number of aromatic hydroxyl groups is 2. The lowest BCUT2D eigenvalue weighted by Gasteiger charge is -2.27. The summed E-state index contributed by atoms with van der Waals surface area (Å²) < 4.78 is 12.5. The molecule has 3 atom stereocenters. The molecule has 1 aliphatic carbocycles. The van der Waals surface area contributed by atoms with Gasteiger partial charge in [-0.1, -0.05) is 26.8 Å². The van der Waals surface area contributed by atoms with Gasteiger partial charge in [0.1, 0.15) is 11.5 Å². The highest BCUT2D eigenvalue weighted by Crippen LogP contribution is 2.56. The van der Waals surface area contributed by atoms with Gasteiger partial charge in [0, 0.05) is 0 Å². The topological polar surface area (TPSA) is 58.9 Å². The molecule has 3 aliphatic rings. The third-order valence-corrected chi connectivity index (χ3v) is 6.77. The van der Waals surface area contributed by atoms with Gasteiger partial charge in [-0.2, -0.15) is 0 Å². The highest BCUT2D eigenvalue weighted by Gasteiger charge is 2.48. The molecular formula is C24H28O4. The van der Waals surface area contributed by atoms with Crippen molar-refractivity contribution in [1.82, 2.24) is 0 Å². The Bertz CT molecular complexity index is 942. The molecule has 3 unspecified atom stereocenters. The van der Waals surface area contributed by atoms with Gasteiger partial charge in [-0.3, -0.25) is 0 Å². The van der Waals surface area contributed by atoms with Gasteiger partial charge in [0.15, 0.2) is 0 Å². The average molecular weight is 380 g/mol. The lowest BCUT2D eigenvalue weighted by molar-refractivity contribution is -0.0337. The van der Waals surface area contributed by atoms with E-state index in [2.05, 4.69) is 20.8 Å². The minimum Gasteiger partial charge on any atom is -0.508 e. The Kier molecular flexibility index (Phi) is 3.85. The number of hydrogen-bond acceptors (Lipinski definition) is 4. The second-order valence-electron chi connectivity index (χ2n) is 9.72. The summed E-state index contributed by atoms with van der Waals surface area (Å²) >= 11 is 0. The van der Waals surface area contributed by atoms with Crippen molar-refractivity contribution in [1.29, 1.82) is 0 Å². The van der Waals surface area contributed by atoms with Crippen molar-refractivity contribution >= 4 is 0 Å². The van der Waals surface area contributed by atoms with Gasteiger partial charge in [0.2, 0.25) is 0 Å². The Morgan fingerprint density at radius 1 is 1.00 bits per heavy atom. The molecule has 0 radical (unpaired) electrons. The van der Waals surface area contributed by atoms with Crippen LogP contribution in [0.1, 0.15) is 79.9 Å². The van der Waals surface area contributed by atoms with Crippen molar-refractivity contribution in [3.05, 3.63) is 58.1 Å². The molecule has 1 spiro atoms. The molecule has 0 saturated heterocycles. The van der Waals surface area contributed by atoms with E-state index in [1.54, 1.807) is 6.07 Å². The van der Waals surface area contributed by atoms with E-state index >= 15 is 0 Å². The number of rotatable bonds is 1. The van der Waals surface area contributed by atoms with Gasteiger partial charge < -0.3 is 19.7 Å². The van der Waals surface area contributed by atoms with Crippen LogP contribution in [-0.2, 0) is 28.3 Å². The molecule has 0 bridgehead atoms. The van der Waals surface area contributed by atoms with Crippen LogP contribution in [0.25, 0.3) is 0 Å². The molecule has 4 nitrogen and oxygen atoms in total. The third kappa shape index (κ3) is 2.66. The quantitative estimate of drug-likeness (QED) is 0.695. The smallest absolute Gasteiger partial charge is 0.116 e. The molecule has 148 valence electrons. The van der Waals surface area contributed by atoms with Crippen LogP contribution in [0.15, 0.2) is 30.3 Å². The fourth-order valence-electron chi connectivity index (χ4n) is 5.50. The summed E-state index contributed by atoms with van der Waals surface area (Å²) in [4.78, 5) is 0. The molecule has 0 amide bonds. The normalized spacial score (nSPS) is 28.7. The van der Waals surface area contributed by atoms with Gasteiger partial charge in [-0.25, -0.2) is 0 Å². The van der Waals surface area contributed by atoms with E-state index in [4.69, 9.17) is 9.47 Å². The van der Waals surface area contributed by atoms with E-state index in [-0.39, 0.29) is 17.1 Å². The lowest BCUT2D eigenvalue weighted by Crippen LogP contribution is -2.21. The Morgan fingerprint density at radius 2 is 1.79 bits per heavy atom. The minimum absolute atomic E-state index is 0.00381.